The van der Waals surface area contributed by atoms with Gasteiger partial charge in [0.05, 0.1) is 5.56 Å². The number of aromatic nitrogens is 1. The van der Waals surface area contributed by atoms with Crippen LogP contribution in [0.3, 0.4) is 0 Å². The molecule has 0 bridgehead atoms. The van der Waals surface area contributed by atoms with Crippen molar-refractivity contribution in [1.29, 1.82) is 0 Å². The lowest BCUT2D eigenvalue weighted by molar-refractivity contribution is -0.137. The van der Waals surface area contributed by atoms with Crippen molar-refractivity contribution in [3.8, 4) is 0 Å². The van der Waals surface area contributed by atoms with E-state index >= 15 is 0 Å². The quantitative estimate of drug-likeness (QED) is 0.855. The summed E-state index contributed by atoms with van der Waals surface area (Å²) >= 11 is 0. The van der Waals surface area contributed by atoms with Crippen LogP contribution in [0.15, 0.2) is 12.1 Å². The van der Waals surface area contributed by atoms with Crippen LogP contribution in [-0.2, 0) is 6.18 Å². The molecule has 0 aliphatic heterocycles. The van der Waals surface area contributed by atoms with Crippen LogP contribution >= 0.6 is 0 Å². The highest BCUT2D eigenvalue weighted by Gasteiger charge is 2.35. The average Bonchev–Trinajstić information content (AvgIpc) is 3.19. The molecule has 3 nitrogen and oxygen atoms in total. The molecule has 1 fully saturated rings. The Balaban J connectivity index is 2.37. The van der Waals surface area contributed by atoms with Gasteiger partial charge in [0.25, 0.3) is 0 Å². The number of alkyl halides is 3. The highest BCUT2D eigenvalue weighted by Crippen LogP contribution is 2.36. The Hall–Kier alpha value is -1.46. The summed E-state index contributed by atoms with van der Waals surface area (Å²) in [6, 6.07) is 2.58. The van der Waals surface area contributed by atoms with Gasteiger partial charge in [-0.05, 0) is 37.8 Å². The van der Waals surface area contributed by atoms with E-state index in [4.69, 9.17) is 0 Å². The second kappa shape index (κ2) is 6.12. The second-order valence-electron chi connectivity index (χ2n) is 5.90. The van der Waals surface area contributed by atoms with Gasteiger partial charge >= 0.3 is 6.18 Å². The fourth-order valence-corrected chi connectivity index (χ4v) is 2.31. The summed E-state index contributed by atoms with van der Waals surface area (Å²) in [5, 5.41) is 2.89. The number of halogens is 3. The molecule has 1 aliphatic rings. The van der Waals surface area contributed by atoms with Crippen molar-refractivity contribution >= 4 is 11.6 Å². The summed E-state index contributed by atoms with van der Waals surface area (Å²) in [5.74, 6) is 1.10. The first-order valence-electron chi connectivity index (χ1n) is 7.41. The van der Waals surface area contributed by atoms with Crippen molar-refractivity contribution in [2.24, 2.45) is 5.92 Å². The van der Waals surface area contributed by atoms with Gasteiger partial charge in [-0.1, -0.05) is 13.8 Å². The Kier molecular flexibility index (Phi) is 4.64. The lowest BCUT2D eigenvalue weighted by Crippen LogP contribution is -2.31. The van der Waals surface area contributed by atoms with Crippen molar-refractivity contribution in [1.82, 2.24) is 4.98 Å². The Labute approximate surface area is 123 Å². The van der Waals surface area contributed by atoms with Crippen LogP contribution < -0.4 is 10.2 Å². The maximum atomic E-state index is 13.1. The third kappa shape index (κ3) is 4.25. The van der Waals surface area contributed by atoms with Crippen LogP contribution in [0.25, 0.3) is 0 Å². The van der Waals surface area contributed by atoms with Crippen molar-refractivity contribution in [2.45, 2.75) is 45.8 Å². The summed E-state index contributed by atoms with van der Waals surface area (Å²) in [6.07, 6.45) is -2.29. The topological polar surface area (TPSA) is 28.2 Å². The lowest BCUT2D eigenvalue weighted by Gasteiger charge is -2.27. The van der Waals surface area contributed by atoms with E-state index in [0.717, 1.165) is 25.5 Å². The molecule has 0 unspecified atom stereocenters. The average molecular weight is 301 g/mol. The third-order valence-electron chi connectivity index (χ3n) is 3.34. The maximum absolute atomic E-state index is 13.1. The fourth-order valence-electron chi connectivity index (χ4n) is 2.31. The normalized spacial score (nSPS) is 15.4. The molecule has 1 N–H and O–H groups in total. The molecular weight excluding hydrogens is 279 g/mol. The minimum atomic E-state index is -4.35. The van der Waals surface area contributed by atoms with Crippen LogP contribution in [0.1, 0.15) is 39.2 Å². The lowest BCUT2D eigenvalue weighted by atomic mass is 10.2. The molecule has 1 heterocycles. The number of hydrogen-bond donors (Lipinski definition) is 1. The first-order chi connectivity index (χ1) is 9.81. The summed E-state index contributed by atoms with van der Waals surface area (Å²) in [5.41, 5.74) is -0.641. The van der Waals surface area contributed by atoms with E-state index in [2.05, 4.69) is 24.1 Å². The molecule has 1 saturated carbocycles. The van der Waals surface area contributed by atoms with Crippen LogP contribution in [0, 0.1) is 5.92 Å². The monoisotopic (exact) mass is 301 g/mol. The standard InChI is InChI=1S/C15H22F3N3/c1-4-19-13-7-11(15(16,17)18)8-14(20-13)21(9-10(2)3)12-5-6-12/h7-8,10,12H,4-6,9H2,1-3H3,(H,19,20). The Morgan fingerprint density at radius 2 is 2.00 bits per heavy atom. The van der Waals surface area contributed by atoms with Gasteiger partial charge in [0.2, 0.25) is 0 Å². The van der Waals surface area contributed by atoms with E-state index in [1.54, 1.807) is 0 Å². The summed E-state index contributed by atoms with van der Waals surface area (Å²) in [4.78, 5) is 6.38. The third-order valence-corrected chi connectivity index (χ3v) is 3.34. The molecule has 0 atom stereocenters. The number of nitrogens with one attached hydrogen (secondary N) is 1. The zero-order valence-electron chi connectivity index (χ0n) is 12.7. The van der Waals surface area contributed by atoms with Gasteiger partial charge in [0.15, 0.2) is 0 Å². The first-order valence-corrected chi connectivity index (χ1v) is 7.41. The van der Waals surface area contributed by atoms with E-state index in [-0.39, 0.29) is 5.82 Å². The van der Waals surface area contributed by atoms with Crippen molar-refractivity contribution in [3.05, 3.63) is 17.7 Å². The molecule has 0 spiro atoms. The maximum Gasteiger partial charge on any atom is 0.416 e. The number of hydrogen-bond acceptors (Lipinski definition) is 3. The highest BCUT2D eigenvalue weighted by atomic mass is 19.4. The summed E-state index contributed by atoms with van der Waals surface area (Å²) in [7, 11) is 0. The molecule has 21 heavy (non-hydrogen) atoms. The number of pyridine rings is 1. The predicted octanol–water partition coefficient (Wildman–Crippen LogP) is 4.16. The van der Waals surface area contributed by atoms with Gasteiger partial charge in [-0.2, -0.15) is 13.2 Å². The minimum absolute atomic E-state index is 0.289. The number of rotatable bonds is 6. The predicted molar refractivity (Wildman–Crippen MR) is 78.6 cm³/mol. The molecule has 1 aromatic heterocycles. The summed E-state index contributed by atoms with van der Waals surface area (Å²) in [6.45, 7) is 7.24. The largest absolute Gasteiger partial charge is 0.416 e. The first kappa shape index (κ1) is 15.9. The van der Waals surface area contributed by atoms with Crippen LogP contribution in [0.5, 0.6) is 0 Å². The number of anilines is 2. The highest BCUT2D eigenvalue weighted by molar-refractivity contribution is 5.52. The van der Waals surface area contributed by atoms with Crippen LogP contribution in [-0.4, -0.2) is 24.1 Å². The van der Waals surface area contributed by atoms with E-state index < -0.39 is 11.7 Å². The molecule has 0 aromatic carbocycles. The molecule has 0 amide bonds. The Bertz CT molecular complexity index is 482. The van der Waals surface area contributed by atoms with E-state index in [9.17, 15) is 13.2 Å². The molecule has 0 radical (unpaired) electrons. The smallest absolute Gasteiger partial charge is 0.370 e. The van der Waals surface area contributed by atoms with Crippen molar-refractivity contribution < 1.29 is 13.2 Å². The van der Waals surface area contributed by atoms with E-state index in [1.807, 2.05) is 11.8 Å². The Morgan fingerprint density at radius 1 is 1.33 bits per heavy atom. The summed E-state index contributed by atoms with van der Waals surface area (Å²) < 4.78 is 39.2. The molecular formula is C15H22F3N3. The molecule has 6 heteroatoms. The van der Waals surface area contributed by atoms with Gasteiger partial charge in [-0.25, -0.2) is 4.98 Å². The van der Waals surface area contributed by atoms with Crippen LogP contribution in [0.4, 0.5) is 24.8 Å². The number of nitrogens with zero attached hydrogens (tertiary/aromatic N) is 2. The zero-order valence-corrected chi connectivity index (χ0v) is 12.7. The fraction of sp³-hybridized carbons (Fsp3) is 0.667. The molecule has 0 saturated heterocycles. The van der Waals surface area contributed by atoms with Crippen LogP contribution in [0.2, 0.25) is 0 Å². The molecule has 1 aromatic rings. The van der Waals surface area contributed by atoms with E-state index in [0.29, 0.717) is 24.3 Å². The van der Waals surface area contributed by atoms with Crippen molar-refractivity contribution in [2.75, 3.05) is 23.3 Å². The Morgan fingerprint density at radius 3 is 2.48 bits per heavy atom. The molecule has 2 rings (SSSR count). The van der Waals surface area contributed by atoms with Gasteiger partial charge in [0.1, 0.15) is 11.6 Å². The second-order valence-corrected chi connectivity index (χ2v) is 5.90. The molecule has 1 aliphatic carbocycles. The minimum Gasteiger partial charge on any atom is -0.370 e. The van der Waals surface area contributed by atoms with Gasteiger partial charge < -0.3 is 10.2 Å². The van der Waals surface area contributed by atoms with Crippen molar-refractivity contribution in [3.63, 3.8) is 0 Å². The van der Waals surface area contributed by atoms with E-state index in [1.165, 1.54) is 6.07 Å². The SMILES string of the molecule is CCNc1cc(C(F)(F)F)cc(N(CC(C)C)C2CC2)n1. The van der Waals surface area contributed by atoms with Gasteiger partial charge in [-0.3, -0.25) is 0 Å². The van der Waals surface area contributed by atoms with Gasteiger partial charge in [-0.15, -0.1) is 0 Å². The molecule has 118 valence electrons. The zero-order chi connectivity index (χ0) is 15.6. The van der Waals surface area contributed by atoms with Gasteiger partial charge in [0, 0.05) is 19.1 Å².